The first-order valence-electron chi connectivity index (χ1n) is 6.52. The zero-order valence-electron chi connectivity index (χ0n) is 12.5. The van der Waals surface area contributed by atoms with Gasteiger partial charge in [0.2, 0.25) is 0 Å². The van der Waals surface area contributed by atoms with Crippen LogP contribution < -0.4 is 0 Å². The second-order valence-corrected chi connectivity index (χ2v) is 7.70. The number of hydrogen-bond acceptors (Lipinski definition) is 4. The lowest BCUT2D eigenvalue weighted by Crippen LogP contribution is -2.27. The quantitative estimate of drug-likeness (QED) is 0.632. The van der Waals surface area contributed by atoms with Crippen molar-refractivity contribution in [3.05, 3.63) is 0 Å². The van der Waals surface area contributed by atoms with E-state index < -0.39 is 7.60 Å². The molecule has 0 aromatic rings. The summed E-state index contributed by atoms with van der Waals surface area (Å²) in [6.07, 6.45) is 0.714. The number of Topliss-reactive ketones (excluding diaryl/α,β-unsaturated/α-hetero) is 1. The van der Waals surface area contributed by atoms with E-state index >= 15 is 0 Å². The van der Waals surface area contributed by atoms with Gasteiger partial charge in [0.25, 0.3) is 0 Å². The third-order valence-corrected chi connectivity index (χ3v) is 5.05. The van der Waals surface area contributed by atoms with Gasteiger partial charge in [0.15, 0.2) is 0 Å². The van der Waals surface area contributed by atoms with Crippen molar-refractivity contribution in [1.82, 2.24) is 0 Å². The Morgan fingerprint density at radius 2 is 1.61 bits per heavy atom. The van der Waals surface area contributed by atoms with Crippen LogP contribution in [0.1, 0.15) is 48.0 Å². The number of rotatable bonds is 8. The molecule has 0 radical (unpaired) electrons. The van der Waals surface area contributed by atoms with Crippen molar-refractivity contribution in [3.63, 3.8) is 0 Å². The van der Waals surface area contributed by atoms with Gasteiger partial charge in [0, 0.05) is 6.42 Å². The lowest BCUT2D eigenvalue weighted by atomic mass is 9.79. The molecule has 108 valence electrons. The Labute approximate surface area is 111 Å². The molecule has 18 heavy (non-hydrogen) atoms. The summed E-state index contributed by atoms with van der Waals surface area (Å²) in [5, 5.41) is 0. The number of carbonyl (C=O) groups excluding carboxylic acids is 1. The van der Waals surface area contributed by atoms with Crippen LogP contribution >= 0.6 is 7.60 Å². The monoisotopic (exact) mass is 278 g/mol. The van der Waals surface area contributed by atoms with E-state index in [1.807, 2.05) is 20.8 Å². The van der Waals surface area contributed by atoms with Gasteiger partial charge in [-0.05, 0) is 32.1 Å². The van der Waals surface area contributed by atoms with Crippen LogP contribution in [0, 0.1) is 11.3 Å². The van der Waals surface area contributed by atoms with Gasteiger partial charge in [0.1, 0.15) is 5.78 Å². The molecule has 0 fully saturated rings. The second kappa shape index (κ2) is 7.42. The van der Waals surface area contributed by atoms with Crippen LogP contribution in [0.4, 0.5) is 0 Å². The molecule has 0 N–H and O–H groups in total. The van der Waals surface area contributed by atoms with Gasteiger partial charge in [0.05, 0.1) is 19.4 Å². The van der Waals surface area contributed by atoms with E-state index in [1.54, 1.807) is 20.8 Å². The lowest BCUT2D eigenvalue weighted by molar-refractivity contribution is -0.118. The number of ketones is 1. The molecule has 0 unspecified atom stereocenters. The molecule has 0 aromatic heterocycles. The normalized spacial score (nSPS) is 14.6. The molecule has 0 aromatic carbocycles. The molecule has 0 amide bonds. The highest BCUT2D eigenvalue weighted by atomic mass is 31.2. The van der Waals surface area contributed by atoms with E-state index in [1.165, 1.54) is 0 Å². The van der Waals surface area contributed by atoms with E-state index in [-0.39, 0.29) is 17.1 Å². The van der Waals surface area contributed by atoms with Gasteiger partial charge in [-0.15, -0.1) is 0 Å². The molecule has 4 nitrogen and oxygen atoms in total. The van der Waals surface area contributed by atoms with Gasteiger partial charge in [-0.1, -0.05) is 20.8 Å². The minimum atomic E-state index is -3.08. The molecule has 1 atom stereocenters. The predicted molar refractivity (Wildman–Crippen MR) is 74.0 cm³/mol. The summed E-state index contributed by atoms with van der Waals surface area (Å²) in [6, 6.07) is 0. The molecule has 0 bridgehead atoms. The van der Waals surface area contributed by atoms with Crippen LogP contribution in [-0.2, 0) is 18.4 Å². The Morgan fingerprint density at radius 3 is 1.89 bits per heavy atom. The third kappa shape index (κ3) is 6.67. The van der Waals surface area contributed by atoms with Gasteiger partial charge >= 0.3 is 7.60 Å². The fraction of sp³-hybridized carbons (Fsp3) is 0.923. The highest BCUT2D eigenvalue weighted by Gasteiger charge is 2.35. The van der Waals surface area contributed by atoms with E-state index in [0.29, 0.717) is 25.8 Å². The largest absolute Gasteiger partial charge is 0.330 e. The maximum atomic E-state index is 12.5. The Bertz CT molecular complexity index is 297. The molecule has 0 rings (SSSR count). The number of hydrogen-bond donors (Lipinski definition) is 0. The maximum Gasteiger partial charge on any atom is 0.330 e. The Balaban J connectivity index is 4.91. The van der Waals surface area contributed by atoms with Crippen molar-refractivity contribution >= 4 is 13.4 Å². The molecule has 0 aliphatic carbocycles. The Kier molecular flexibility index (Phi) is 7.34. The summed E-state index contributed by atoms with van der Waals surface area (Å²) in [5.41, 5.74) is -0.102. The first kappa shape index (κ1) is 17.8. The average molecular weight is 278 g/mol. The zero-order valence-corrected chi connectivity index (χ0v) is 13.4. The van der Waals surface area contributed by atoms with Crippen molar-refractivity contribution in [2.45, 2.75) is 48.0 Å². The first-order valence-corrected chi connectivity index (χ1v) is 8.25. The predicted octanol–water partition coefficient (Wildman–Crippen LogP) is 3.89. The summed E-state index contributed by atoms with van der Waals surface area (Å²) in [6.45, 7) is 12.0. The van der Waals surface area contributed by atoms with Crippen molar-refractivity contribution < 1.29 is 18.4 Å². The fourth-order valence-electron chi connectivity index (χ4n) is 1.80. The lowest BCUT2D eigenvalue weighted by Gasteiger charge is -2.32. The minimum absolute atomic E-state index is 0.000988. The van der Waals surface area contributed by atoms with Crippen LogP contribution in [0.2, 0.25) is 0 Å². The van der Waals surface area contributed by atoms with Crippen molar-refractivity contribution in [2.75, 3.05) is 19.4 Å². The highest BCUT2D eigenvalue weighted by molar-refractivity contribution is 7.53. The van der Waals surface area contributed by atoms with E-state index in [4.69, 9.17) is 9.05 Å². The summed E-state index contributed by atoms with van der Waals surface area (Å²) in [5.74, 6) is 0.105. The molecule has 0 aliphatic rings. The molecular formula is C13H27O4P. The standard InChI is InChI=1S/C13H27O4P/c1-7-16-18(15,17-8-2)10-12(9-11(3)14)13(4,5)6/h12H,7-10H2,1-6H3/t12-/m1/s1. The summed E-state index contributed by atoms with van der Waals surface area (Å²) in [4.78, 5) is 11.3. The van der Waals surface area contributed by atoms with E-state index in [9.17, 15) is 9.36 Å². The van der Waals surface area contributed by atoms with Crippen LogP contribution in [0.5, 0.6) is 0 Å². The Hall–Kier alpha value is -0.180. The summed E-state index contributed by atoms with van der Waals surface area (Å²) in [7, 11) is -3.08. The second-order valence-electron chi connectivity index (χ2n) is 5.60. The van der Waals surface area contributed by atoms with Gasteiger partial charge < -0.3 is 13.8 Å². The van der Waals surface area contributed by atoms with Crippen molar-refractivity contribution in [1.29, 1.82) is 0 Å². The fourth-order valence-corrected chi connectivity index (χ4v) is 4.09. The van der Waals surface area contributed by atoms with Crippen molar-refractivity contribution in [2.24, 2.45) is 11.3 Å². The summed E-state index contributed by atoms with van der Waals surface area (Å²) >= 11 is 0. The third-order valence-electron chi connectivity index (χ3n) is 2.85. The Morgan fingerprint density at radius 1 is 1.17 bits per heavy atom. The number of carbonyl (C=O) groups is 1. The van der Waals surface area contributed by atoms with E-state index in [0.717, 1.165) is 0 Å². The first-order chi connectivity index (χ1) is 8.14. The SMILES string of the molecule is CCOP(=O)(C[C@@H](CC(C)=O)C(C)(C)C)OCC. The van der Waals surface area contributed by atoms with Gasteiger partial charge in [-0.2, -0.15) is 0 Å². The summed E-state index contributed by atoms with van der Waals surface area (Å²) < 4.78 is 23.1. The molecule has 0 saturated carbocycles. The molecular weight excluding hydrogens is 251 g/mol. The zero-order chi connectivity index (χ0) is 14.4. The average Bonchev–Trinajstić information content (AvgIpc) is 2.14. The molecule has 0 spiro atoms. The van der Waals surface area contributed by atoms with Crippen LogP contribution in [0.3, 0.4) is 0 Å². The maximum absolute atomic E-state index is 12.5. The molecule has 0 aliphatic heterocycles. The van der Waals surface area contributed by atoms with Gasteiger partial charge in [-0.25, -0.2) is 0 Å². The smallest absolute Gasteiger partial charge is 0.309 e. The van der Waals surface area contributed by atoms with Crippen molar-refractivity contribution in [3.8, 4) is 0 Å². The van der Waals surface area contributed by atoms with Gasteiger partial charge in [-0.3, -0.25) is 4.57 Å². The van der Waals surface area contributed by atoms with Crippen LogP contribution in [0.15, 0.2) is 0 Å². The molecule has 0 saturated heterocycles. The molecule has 0 heterocycles. The topological polar surface area (TPSA) is 52.6 Å². The van der Waals surface area contributed by atoms with E-state index in [2.05, 4.69) is 0 Å². The van der Waals surface area contributed by atoms with Crippen LogP contribution in [0.25, 0.3) is 0 Å². The molecule has 5 heteroatoms. The minimum Gasteiger partial charge on any atom is -0.309 e. The van der Waals surface area contributed by atoms with Crippen LogP contribution in [-0.4, -0.2) is 25.2 Å². The highest BCUT2D eigenvalue weighted by Crippen LogP contribution is 2.52.